The molecule has 6 nitrogen and oxygen atoms in total. The third kappa shape index (κ3) is 7.94. The van der Waals surface area contributed by atoms with Crippen molar-refractivity contribution < 1.29 is 9.53 Å². The SMILES string of the molecule is CCNC(=NCc1ccccc1OC(C)(C)C)NC1CCC(=O)N(C)C1.I. The minimum absolute atomic E-state index is 0. The maximum Gasteiger partial charge on any atom is 0.222 e. The fourth-order valence-electron chi connectivity index (χ4n) is 2.87. The van der Waals surface area contributed by atoms with Crippen LogP contribution in [0.3, 0.4) is 0 Å². The molecule has 2 rings (SSSR count). The van der Waals surface area contributed by atoms with Crippen molar-refractivity contribution in [1.29, 1.82) is 0 Å². The van der Waals surface area contributed by atoms with E-state index in [-0.39, 0.29) is 41.5 Å². The van der Waals surface area contributed by atoms with Crippen molar-refractivity contribution in [3.63, 3.8) is 0 Å². The number of piperidine rings is 1. The maximum absolute atomic E-state index is 11.7. The molecule has 1 heterocycles. The molecule has 0 aliphatic carbocycles. The van der Waals surface area contributed by atoms with Crippen molar-refractivity contribution in [2.45, 2.75) is 58.7 Å². The topological polar surface area (TPSA) is 66.0 Å². The molecule has 0 aromatic heterocycles. The molecule has 27 heavy (non-hydrogen) atoms. The van der Waals surface area contributed by atoms with Crippen LogP contribution in [0.4, 0.5) is 0 Å². The number of carbonyl (C=O) groups is 1. The molecular weight excluding hydrogens is 455 g/mol. The highest BCUT2D eigenvalue weighted by atomic mass is 127. The van der Waals surface area contributed by atoms with Crippen molar-refractivity contribution in [1.82, 2.24) is 15.5 Å². The van der Waals surface area contributed by atoms with Gasteiger partial charge in [0, 0.05) is 38.2 Å². The number of hydrogen-bond acceptors (Lipinski definition) is 3. The fraction of sp³-hybridized carbons (Fsp3) is 0.600. The van der Waals surface area contributed by atoms with E-state index in [2.05, 4.69) is 10.6 Å². The van der Waals surface area contributed by atoms with Crippen LogP contribution in [0, 0.1) is 0 Å². The number of carbonyl (C=O) groups excluding carboxylic acids is 1. The highest BCUT2D eigenvalue weighted by molar-refractivity contribution is 14.0. The highest BCUT2D eigenvalue weighted by Crippen LogP contribution is 2.23. The summed E-state index contributed by atoms with van der Waals surface area (Å²) in [6, 6.07) is 8.23. The molecule has 7 heteroatoms. The molecule has 1 amide bonds. The van der Waals surface area contributed by atoms with Crippen LogP contribution in [0.5, 0.6) is 5.75 Å². The van der Waals surface area contributed by atoms with Gasteiger partial charge < -0.3 is 20.3 Å². The Bertz CT molecular complexity index is 643. The van der Waals surface area contributed by atoms with Gasteiger partial charge in [-0.2, -0.15) is 0 Å². The van der Waals surface area contributed by atoms with Crippen LogP contribution >= 0.6 is 24.0 Å². The van der Waals surface area contributed by atoms with E-state index < -0.39 is 0 Å². The number of guanidine groups is 1. The zero-order chi connectivity index (χ0) is 19.2. The number of hydrogen-bond donors (Lipinski definition) is 2. The quantitative estimate of drug-likeness (QED) is 0.380. The van der Waals surface area contributed by atoms with Crippen molar-refractivity contribution in [3.05, 3.63) is 29.8 Å². The summed E-state index contributed by atoms with van der Waals surface area (Å²) in [5.74, 6) is 1.84. The monoisotopic (exact) mass is 488 g/mol. The molecule has 1 aromatic rings. The summed E-state index contributed by atoms with van der Waals surface area (Å²) in [7, 11) is 1.85. The van der Waals surface area contributed by atoms with Crippen LogP contribution in [0.25, 0.3) is 0 Å². The first-order valence-electron chi connectivity index (χ1n) is 9.34. The lowest BCUT2D eigenvalue weighted by atomic mass is 10.1. The average Bonchev–Trinajstić information content (AvgIpc) is 2.56. The molecule has 0 saturated carbocycles. The number of halogens is 1. The molecule has 1 fully saturated rings. The molecule has 1 atom stereocenters. The van der Waals surface area contributed by atoms with Gasteiger partial charge in [0.25, 0.3) is 0 Å². The lowest BCUT2D eigenvalue weighted by Gasteiger charge is -2.31. The molecule has 0 spiro atoms. The van der Waals surface area contributed by atoms with Gasteiger partial charge in [-0.05, 0) is 40.2 Å². The molecule has 1 aliphatic rings. The number of nitrogens with zero attached hydrogens (tertiary/aromatic N) is 2. The van der Waals surface area contributed by atoms with E-state index in [1.807, 2.05) is 59.0 Å². The third-order valence-corrected chi connectivity index (χ3v) is 4.11. The van der Waals surface area contributed by atoms with E-state index >= 15 is 0 Å². The Hall–Kier alpha value is -1.51. The van der Waals surface area contributed by atoms with Crippen molar-refractivity contribution in [2.75, 3.05) is 20.1 Å². The molecule has 0 radical (unpaired) electrons. The molecule has 1 aromatic carbocycles. The maximum atomic E-state index is 11.7. The number of amides is 1. The molecule has 152 valence electrons. The first-order valence-corrected chi connectivity index (χ1v) is 9.34. The normalized spacial score (nSPS) is 18.0. The lowest BCUT2D eigenvalue weighted by Crippen LogP contribution is -2.51. The zero-order valence-corrected chi connectivity index (χ0v) is 19.4. The van der Waals surface area contributed by atoms with Crippen molar-refractivity contribution in [2.24, 2.45) is 4.99 Å². The zero-order valence-electron chi connectivity index (χ0n) is 17.0. The molecule has 1 aliphatic heterocycles. The van der Waals surface area contributed by atoms with Crippen LogP contribution < -0.4 is 15.4 Å². The first-order chi connectivity index (χ1) is 12.3. The molecule has 1 saturated heterocycles. The Morgan fingerprint density at radius 3 is 2.67 bits per heavy atom. The van der Waals surface area contributed by atoms with E-state index in [1.54, 1.807) is 4.90 Å². The number of likely N-dealkylation sites (N-methyl/N-ethyl adjacent to an activating group) is 1. The molecule has 1 unspecified atom stereocenters. The van der Waals surface area contributed by atoms with Crippen LogP contribution in [0.1, 0.15) is 46.1 Å². The predicted octanol–water partition coefficient (Wildman–Crippen LogP) is 3.16. The van der Waals surface area contributed by atoms with Gasteiger partial charge in [-0.3, -0.25) is 4.79 Å². The molecule has 0 bridgehead atoms. The fourth-order valence-corrected chi connectivity index (χ4v) is 2.87. The van der Waals surface area contributed by atoms with E-state index in [0.717, 1.165) is 30.2 Å². The summed E-state index contributed by atoms with van der Waals surface area (Å²) in [5, 5.41) is 6.74. The van der Waals surface area contributed by atoms with Gasteiger partial charge in [-0.25, -0.2) is 4.99 Å². The Kier molecular flexibility index (Phi) is 9.35. The Morgan fingerprint density at radius 2 is 2.04 bits per heavy atom. The number of nitrogens with one attached hydrogen (secondary N) is 2. The van der Waals surface area contributed by atoms with Crippen LogP contribution in [-0.4, -0.2) is 48.5 Å². The van der Waals surface area contributed by atoms with Crippen molar-refractivity contribution in [3.8, 4) is 5.75 Å². The van der Waals surface area contributed by atoms with Gasteiger partial charge in [-0.1, -0.05) is 18.2 Å². The second-order valence-electron chi connectivity index (χ2n) is 7.67. The summed E-state index contributed by atoms with van der Waals surface area (Å²) in [6.07, 6.45) is 1.41. The molecule has 2 N–H and O–H groups in total. The minimum atomic E-state index is -0.248. The summed E-state index contributed by atoms with van der Waals surface area (Å²) >= 11 is 0. The van der Waals surface area contributed by atoms with Gasteiger partial charge in [0.05, 0.1) is 6.54 Å². The van der Waals surface area contributed by atoms with E-state index in [9.17, 15) is 4.79 Å². The second kappa shape index (κ2) is 10.7. The van der Waals surface area contributed by atoms with Gasteiger partial charge in [-0.15, -0.1) is 24.0 Å². The van der Waals surface area contributed by atoms with E-state index in [4.69, 9.17) is 9.73 Å². The lowest BCUT2D eigenvalue weighted by molar-refractivity contribution is -0.132. The van der Waals surface area contributed by atoms with E-state index in [0.29, 0.717) is 19.5 Å². The Balaban J connectivity index is 0.00000364. The summed E-state index contributed by atoms with van der Waals surface area (Å²) in [4.78, 5) is 18.2. The summed E-state index contributed by atoms with van der Waals surface area (Å²) in [6.45, 7) is 10.2. The smallest absolute Gasteiger partial charge is 0.222 e. The van der Waals surface area contributed by atoms with Gasteiger partial charge in [0.2, 0.25) is 5.91 Å². The first kappa shape index (κ1) is 23.5. The van der Waals surface area contributed by atoms with Crippen LogP contribution in [-0.2, 0) is 11.3 Å². The van der Waals surface area contributed by atoms with Gasteiger partial charge in [0.1, 0.15) is 11.4 Å². The van der Waals surface area contributed by atoms with Crippen LogP contribution in [0.15, 0.2) is 29.3 Å². The average molecular weight is 488 g/mol. The van der Waals surface area contributed by atoms with Gasteiger partial charge in [0.15, 0.2) is 5.96 Å². The van der Waals surface area contributed by atoms with Crippen molar-refractivity contribution >= 4 is 35.8 Å². The van der Waals surface area contributed by atoms with Gasteiger partial charge >= 0.3 is 0 Å². The number of para-hydroxylation sites is 1. The summed E-state index contributed by atoms with van der Waals surface area (Å²) < 4.78 is 6.05. The summed E-state index contributed by atoms with van der Waals surface area (Å²) in [5.41, 5.74) is 0.803. The Morgan fingerprint density at radius 1 is 1.33 bits per heavy atom. The Labute approximate surface area is 180 Å². The minimum Gasteiger partial charge on any atom is -0.488 e. The number of rotatable bonds is 5. The number of benzene rings is 1. The second-order valence-corrected chi connectivity index (χ2v) is 7.67. The number of aliphatic imine (C=N–C) groups is 1. The standard InChI is InChI=1S/C20H32N4O2.HI/c1-6-21-19(23-16-11-12-18(25)24(5)14-16)22-13-15-9-7-8-10-17(15)26-20(2,3)4;/h7-10,16H,6,11-14H2,1-5H3,(H2,21,22,23);1H. The largest absolute Gasteiger partial charge is 0.488 e. The number of likely N-dealkylation sites (tertiary alicyclic amines) is 1. The predicted molar refractivity (Wildman–Crippen MR) is 121 cm³/mol. The number of ether oxygens (including phenoxy) is 1. The molecular formula is C20H33IN4O2. The van der Waals surface area contributed by atoms with E-state index in [1.165, 1.54) is 0 Å². The highest BCUT2D eigenvalue weighted by Gasteiger charge is 2.23. The third-order valence-electron chi connectivity index (χ3n) is 4.11. The van der Waals surface area contributed by atoms with Crippen LogP contribution in [0.2, 0.25) is 0 Å².